The molecular weight excluding hydrogens is 360 g/mol. The van der Waals surface area contributed by atoms with Gasteiger partial charge in [-0.1, -0.05) is 66.8 Å². The number of hydrogen-bond acceptors (Lipinski definition) is 0. The summed E-state index contributed by atoms with van der Waals surface area (Å²) in [5.41, 5.74) is 1.53. The van der Waals surface area contributed by atoms with E-state index in [1.54, 1.807) is 0 Å². The molecule has 13 heavy (non-hydrogen) atoms. The van der Waals surface area contributed by atoms with Gasteiger partial charge in [0.05, 0.1) is 0 Å². The van der Waals surface area contributed by atoms with E-state index in [-0.39, 0.29) is 5.41 Å². The lowest BCUT2D eigenvalue weighted by Crippen LogP contribution is -2.25. The molecule has 0 spiro atoms. The van der Waals surface area contributed by atoms with Crippen molar-refractivity contribution in [1.82, 2.24) is 0 Å². The first-order valence-corrected chi connectivity index (χ1v) is 7.04. The SMILES string of the molecule is CC(CBr)(CBr)c1ccc(Br)cc1. The zero-order valence-electron chi connectivity index (χ0n) is 7.36. The smallest absolute Gasteiger partial charge is 0.0175 e. The summed E-state index contributed by atoms with van der Waals surface area (Å²) in [5, 5.41) is 1.93. The van der Waals surface area contributed by atoms with Crippen LogP contribution >= 0.6 is 47.8 Å². The molecule has 0 amide bonds. The van der Waals surface area contributed by atoms with Gasteiger partial charge in [0.15, 0.2) is 0 Å². The monoisotopic (exact) mass is 368 g/mol. The average Bonchev–Trinajstić information content (AvgIpc) is 2.18. The maximum Gasteiger partial charge on any atom is 0.0175 e. The Morgan fingerprint density at radius 3 is 1.92 bits per heavy atom. The molecule has 1 aromatic carbocycles. The second-order valence-corrected chi connectivity index (χ2v) is 5.37. The Morgan fingerprint density at radius 2 is 1.54 bits per heavy atom. The Bertz CT molecular complexity index is 262. The molecule has 1 rings (SSSR count). The number of halogens is 3. The van der Waals surface area contributed by atoms with Gasteiger partial charge in [-0.3, -0.25) is 0 Å². The van der Waals surface area contributed by atoms with Crippen LogP contribution < -0.4 is 0 Å². The molecule has 0 aliphatic heterocycles. The number of rotatable bonds is 3. The van der Waals surface area contributed by atoms with Crippen LogP contribution in [0, 0.1) is 0 Å². The van der Waals surface area contributed by atoms with E-state index in [1.165, 1.54) is 5.56 Å². The minimum Gasteiger partial charge on any atom is -0.0918 e. The summed E-state index contributed by atoms with van der Waals surface area (Å²) < 4.78 is 1.13. The fourth-order valence-electron chi connectivity index (χ4n) is 1.04. The highest BCUT2D eigenvalue weighted by molar-refractivity contribution is 9.10. The van der Waals surface area contributed by atoms with Crippen molar-refractivity contribution in [3.05, 3.63) is 34.3 Å². The third kappa shape index (κ3) is 2.80. The Hall–Kier alpha value is 0.660. The van der Waals surface area contributed by atoms with Gasteiger partial charge >= 0.3 is 0 Å². The van der Waals surface area contributed by atoms with Gasteiger partial charge in [0.2, 0.25) is 0 Å². The van der Waals surface area contributed by atoms with Crippen molar-refractivity contribution in [2.45, 2.75) is 12.3 Å². The van der Waals surface area contributed by atoms with Crippen molar-refractivity contribution in [2.75, 3.05) is 10.7 Å². The number of hydrogen-bond donors (Lipinski definition) is 0. The Kier molecular flexibility index (Phi) is 4.46. The molecule has 0 aliphatic rings. The summed E-state index contributed by atoms with van der Waals surface area (Å²) in [6, 6.07) is 8.48. The van der Waals surface area contributed by atoms with Crippen LogP contribution in [0.25, 0.3) is 0 Å². The summed E-state index contributed by atoms with van der Waals surface area (Å²) in [6.45, 7) is 2.24. The first-order valence-electron chi connectivity index (χ1n) is 4.00. The molecule has 72 valence electrons. The molecule has 0 nitrogen and oxygen atoms in total. The molecule has 0 aromatic heterocycles. The molecule has 0 saturated carbocycles. The fraction of sp³-hybridized carbons (Fsp3) is 0.400. The van der Waals surface area contributed by atoms with Crippen molar-refractivity contribution in [2.24, 2.45) is 0 Å². The normalized spacial score (nSPS) is 11.7. The standard InChI is InChI=1S/C10H11Br3/c1-10(6-11,7-12)8-2-4-9(13)5-3-8/h2-5H,6-7H2,1H3. The van der Waals surface area contributed by atoms with Gasteiger partial charge < -0.3 is 0 Å². The van der Waals surface area contributed by atoms with E-state index in [9.17, 15) is 0 Å². The summed E-state index contributed by atoms with van der Waals surface area (Å²) >= 11 is 10.5. The molecule has 0 bridgehead atoms. The van der Waals surface area contributed by atoms with E-state index in [1.807, 2.05) is 0 Å². The molecule has 1 aromatic rings. The van der Waals surface area contributed by atoms with Gasteiger partial charge in [0.25, 0.3) is 0 Å². The maximum atomic E-state index is 3.55. The lowest BCUT2D eigenvalue weighted by atomic mass is 9.87. The lowest BCUT2D eigenvalue weighted by Gasteiger charge is -2.25. The van der Waals surface area contributed by atoms with Crippen LogP contribution in [0.1, 0.15) is 12.5 Å². The molecule has 0 atom stereocenters. The Balaban J connectivity index is 2.99. The van der Waals surface area contributed by atoms with E-state index < -0.39 is 0 Å². The molecule has 3 heteroatoms. The summed E-state index contributed by atoms with van der Waals surface area (Å²) in [6.07, 6.45) is 0. The second-order valence-electron chi connectivity index (χ2n) is 3.33. The highest BCUT2D eigenvalue weighted by atomic mass is 79.9. The predicted molar refractivity (Wildman–Crippen MR) is 69.1 cm³/mol. The third-order valence-corrected chi connectivity index (χ3v) is 5.13. The Morgan fingerprint density at radius 1 is 1.08 bits per heavy atom. The average molecular weight is 371 g/mol. The lowest BCUT2D eigenvalue weighted by molar-refractivity contribution is 0.623. The zero-order valence-corrected chi connectivity index (χ0v) is 12.1. The van der Waals surface area contributed by atoms with Gasteiger partial charge in [-0.15, -0.1) is 0 Å². The third-order valence-electron chi connectivity index (χ3n) is 2.13. The van der Waals surface area contributed by atoms with E-state index >= 15 is 0 Å². The highest BCUT2D eigenvalue weighted by Crippen LogP contribution is 2.29. The van der Waals surface area contributed by atoms with Crippen LogP contribution in [0.2, 0.25) is 0 Å². The van der Waals surface area contributed by atoms with Gasteiger partial charge in [-0.05, 0) is 17.7 Å². The molecule has 0 N–H and O–H groups in total. The van der Waals surface area contributed by atoms with Crippen LogP contribution in [-0.4, -0.2) is 10.7 Å². The first-order chi connectivity index (χ1) is 6.12. The summed E-state index contributed by atoms with van der Waals surface area (Å²) in [5.74, 6) is 0. The van der Waals surface area contributed by atoms with E-state index in [4.69, 9.17) is 0 Å². The van der Waals surface area contributed by atoms with Crippen molar-refractivity contribution in [1.29, 1.82) is 0 Å². The molecule has 0 heterocycles. The molecule has 0 saturated heterocycles. The maximum absolute atomic E-state index is 3.55. The van der Waals surface area contributed by atoms with E-state index in [0.717, 1.165) is 15.1 Å². The fourth-order valence-corrected chi connectivity index (χ4v) is 2.88. The minimum atomic E-state index is 0.181. The zero-order chi connectivity index (χ0) is 9.90. The van der Waals surface area contributed by atoms with Crippen LogP contribution in [0.4, 0.5) is 0 Å². The van der Waals surface area contributed by atoms with Crippen LogP contribution in [-0.2, 0) is 5.41 Å². The van der Waals surface area contributed by atoms with Crippen LogP contribution in [0.3, 0.4) is 0 Å². The molecule has 0 unspecified atom stereocenters. The van der Waals surface area contributed by atoms with Crippen LogP contribution in [0.15, 0.2) is 28.7 Å². The van der Waals surface area contributed by atoms with Gasteiger partial charge in [0.1, 0.15) is 0 Å². The molecular formula is C10H11Br3. The number of alkyl halides is 2. The Labute approximate surface area is 104 Å². The molecule has 0 radical (unpaired) electrons. The van der Waals surface area contributed by atoms with Crippen molar-refractivity contribution in [3.63, 3.8) is 0 Å². The predicted octanol–water partition coefficient (Wildman–Crippen LogP) is 4.50. The topological polar surface area (TPSA) is 0 Å². The highest BCUT2D eigenvalue weighted by Gasteiger charge is 2.23. The van der Waals surface area contributed by atoms with Crippen LogP contribution in [0.5, 0.6) is 0 Å². The van der Waals surface area contributed by atoms with Gasteiger partial charge in [0, 0.05) is 20.5 Å². The van der Waals surface area contributed by atoms with Gasteiger partial charge in [-0.25, -0.2) is 0 Å². The number of benzene rings is 1. The quantitative estimate of drug-likeness (QED) is 0.687. The van der Waals surface area contributed by atoms with Crippen molar-refractivity contribution in [3.8, 4) is 0 Å². The largest absolute Gasteiger partial charge is 0.0918 e. The van der Waals surface area contributed by atoms with E-state index in [2.05, 4.69) is 79.0 Å². The second kappa shape index (κ2) is 4.94. The summed E-state index contributed by atoms with van der Waals surface area (Å²) in [7, 11) is 0. The van der Waals surface area contributed by atoms with Crippen molar-refractivity contribution < 1.29 is 0 Å². The minimum absolute atomic E-state index is 0.181. The molecule has 0 fully saturated rings. The van der Waals surface area contributed by atoms with Gasteiger partial charge in [-0.2, -0.15) is 0 Å². The first kappa shape index (κ1) is 11.7. The summed E-state index contributed by atoms with van der Waals surface area (Å²) in [4.78, 5) is 0. The van der Waals surface area contributed by atoms with E-state index in [0.29, 0.717) is 0 Å². The molecule has 0 aliphatic carbocycles. The van der Waals surface area contributed by atoms with Crippen molar-refractivity contribution >= 4 is 47.8 Å².